The number of nitrogens with one attached hydrogen (secondary N) is 3. The summed E-state index contributed by atoms with van der Waals surface area (Å²) in [4.78, 5) is 0.126. The quantitative estimate of drug-likeness (QED) is 0.234. The van der Waals surface area contributed by atoms with Gasteiger partial charge in [-0.25, -0.2) is 12.8 Å². The Bertz CT molecular complexity index is 1440. The molecule has 0 saturated carbocycles. The molecule has 0 aliphatic rings. The highest BCUT2D eigenvalue weighted by Crippen LogP contribution is 2.34. The lowest BCUT2D eigenvalue weighted by molar-refractivity contribution is 0.433. The van der Waals surface area contributed by atoms with Gasteiger partial charge in [-0.05, 0) is 53.4 Å². The average Bonchev–Trinajstić information content (AvgIpc) is 3.33. The molecule has 0 saturated heterocycles. The summed E-state index contributed by atoms with van der Waals surface area (Å²) in [5.41, 5.74) is 9.26. The highest BCUT2D eigenvalue weighted by molar-refractivity contribution is 7.92. The van der Waals surface area contributed by atoms with E-state index in [1.807, 2.05) is 6.92 Å². The van der Waals surface area contributed by atoms with Crippen LogP contribution in [0.25, 0.3) is 11.3 Å². The summed E-state index contributed by atoms with van der Waals surface area (Å²) in [5, 5.41) is 20.0. The van der Waals surface area contributed by atoms with Gasteiger partial charge in [-0.1, -0.05) is 37.3 Å². The van der Waals surface area contributed by atoms with Crippen LogP contribution in [0.15, 0.2) is 71.8 Å². The van der Waals surface area contributed by atoms with Crippen LogP contribution < -0.4 is 15.8 Å². The fraction of sp³-hybridized carbons (Fsp3) is 0.160. The Morgan fingerprint density at radius 2 is 1.80 bits per heavy atom. The van der Waals surface area contributed by atoms with Crippen molar-refractivity contribution >= 4 is 21.4 Å². The van der Waals surface area contributed by atoms with Crippen molar-refractivity contribution in [3.8, 4) is 17.0 Å². The first-order valence-corrected chi connectivity index (χ1v) is 12.5. The number of aryl methyl sites for hydroxylation is 1. The van der Waals surface area contributed by atoms with Gasteiger partial charge in [0.25, 0.3) is 10.0 Å². The Balaban J connectivity index is 1.57. The van der Waals surface area contributed by atoms with Gasteiger partial charge in [0.2, 0.25) is 0 Å². The van der Waals surface area contributed by atoms with E-state index in [0.29, 0.717) is 35.6 Å². The molecule has 0 bridgehead atoms. The largest absolute Gasteiger partial charge is 0.505 e. The van der Waals surface area contributed by atoms with E-state index < -0.39 is 21.6 Å². The Morgan fingerprint density at radius 1 is 1.06 bits per heavy atom. The molecule has 0 fully saturated rings. The average molecular weight is 496 g/mol. The van der Waals surface area contributed by atoms with Crippen molar-refractivity contribution in [2.75, 3.05) is 10.0 Å². The molecule has 0 spiro atoms. The molecule has 0 amide bonds. The number of para-hydroxylation sites is 1. The van der Waals surface area contributed by atoms with E-state index >= 15 is 0 Å². The molecule has 182 valence electrons. The van der Waals surface area contributed by atoms with Crippen LogP contribution in [-0.4, -0.2) is 23.7 Å². The summed E-state index contributed by atoms with van der Waals surface area (Å²) in [6.45, 7) is 2.47. The molecule has 0 aliphatic heterocycles. The molecule has 0 atom stereocenters. The number of aromatic amines is 1. The molecule has 35 heavy (non-hydrogen) atoms. The number of benzene rings is 3. The van der Waals surface area contributed by atoms with Gasteiger partial charge in [-0.3, -0.25) is 9.82 Å². The van der Waals surface area contributed by atoms with Gasteiger partial charge in [0.05, 0.1) is 16.3 Å². The van der Waals surface area contributed by atoms with Gasteiger partial charge in [-0.15, -0.1) is 0 Å². The van der Waals surface area contributed by atoms with Crippen molar-refractivity contribution in [3.63, 3.8) is 0 Å². The molecule has 3 aromatic carbocycles. The van der Waals surface area contributed by atoms with E-state index in [4.69, 9.17) is 5.73 Å². The zero-order valence-corrected chi connectivity index (χ0v) is 19.9. The minimum absolute atomic E-state index is 0.126. The standard InChI is InChI=1S/C25H26FN5O3S/c1-2-16-11-20(24(26)23(32)12-16)25-22(15-29-30-25)28-14-18-5-3-4-6-21(18)31-35(33,34)19-9-7-17(13-27)8-10-19/h3-12,15,28,31-32H,2,13-14,27H2,1H3,(H,29,30). The van der Waals surface area contributed by atoms with Crippen LogP contribution in [0.2, 0.25) is 0 Å². The molecular formula is C25H26FN5O3S. The summed E-state index contributed by atoms with van der Waals surface area (Å²) in [6, 6.07) is 16.4. The second kappa shape index (κ2) is 10.2. The summed E-state index contributed by atoms with van der Waals surface area (Å²) >= 11 is 0. The van der Waals surface area contributed by atoms with Crippen LogP contribution >= 0.6 is 0 Å². The Morgan fingerprint density at radius 3 is 2.51 bits per heavy atom. The van der Waals surface area contributed by atoms with Crippen molar-refractivity contribution in [2.24, 2.45) is 5.73 Å². The fourth-order valence-corrected chi connectivity index (χ4v) is 4.75. The molecule has 0 radical (unpaired) electrons. The summed E-state index contributed by atoms with van der Waals surface area (Å²) < 4.78 is 43.1. The first-order chi connectivity index (χ1) is 16.8. The number of aromatic nitrogens is 2. The van der Waals surface area contributed by atoms with E-state index in [0.717, 1.165) is 11.1 Å². The number of rotatable bonds is 9. The zero-order chi connectivity index (χ0) is 25.0. The maximum absolute atomic E-state index is 14.7. The van der Waals surface area contributed by atoms with Crippen molar-refractivity contribution in [1.29, 1.82) is 0 Å². The van der Waals surface area contributed by atoms with E-state index in [1.165, 1.54) is 18.2 Å². The maximum atomic E-state index is 14.7. The van der Waals surface area contributed by atoms with Gasteiger partial charge >= 0.3 is 0 Å². The number of nitrogens with two attached hydrogens (primary N) is 1. The van der Waals surface area contributed by atoms with Crippen molar-refractivity contribution in [3.05, 3.63) is 89.4 Å². The number of H-pyrrole nitrogens is 1. The number of phenols is 1. The Kier molecular flexibility index (Phi) is 7.04. The number of halogens is 1. The van der Waals surface area contributed by atoms with Crippen LogP contribution in [0.1, 0.15) is 23.6 Å². The third kappa shape index (κ3) is 5.28. The van der Waals surface area contributed by atoms with Crippen LogP contribution in [0.3, 0.4) is 0 Å². The van der Waals surface area contributed by atoms with Crippen molar-refractivity contribution < 1.29 is 17.9 Å². The van der Waals surface area contributed by atoms with Gasteiger partial charge in [0, 0.05) is 24.8 Å². The van der Waals surface area contributed by atoms with Crippen LogP contribution in [0, 0.1) is 5.82 Å². The number of anilines is 2. The third-order valence-corrected chi connectivity index (χ3v) is 7.00. The molecule has 10 heteroatoms. The number of phenolic OH excluding ortho intramolecular Hbond substituents is 1. The Hall–Kier alpha value is -3.89. The van der Waals surface area contributed by atoms with E-state index in [-0.39, 0.29) is 17.0 Å². The fourth-order valence-electron chi connectivity index (χ4n) is 3.65. The maximum Gasteiger partial charge on any atom is 0.261 e. The van der Waals surface area contributed by atoms with Crippen LogP contribution in [-0.2, 0) is 29.5 Å². The lowest BCUT2D eigenvalue weighted by Crippen LogP contribution is -2.15. The van der Waals surface area contributed by atoms with Crippen molar-refractivity contribution in [2.45, 2.75) is 31.3 Å². The summed E-state index contributed by atoms with van der Waals surface area (Å²) in [7, 11) is -3.82. The van der Waals surface area contributed by atoms with E-state index in [9.17, 15) is 17.9 Å². The van der Waals surface area contributed by atoms with E-state index in [1.54, 1.807) is 48.7 Å². The second-order valence-electron chi connectivity index (χ2n) is 7.94. The minimum atomic E-state index is -3.82. The molecule has 0 unspecified atom stereocenters. The summed E-state index contributed by atoms with van der Waals surface area (Å²) in [5.74, 6) is -1.20. The molecule has 1 heterocycles. The molecular weight excluding hydrogens is 469 g/mol. The SMILES string of the molecule is CCc1cc(O)c(F)c(-c2n[nH]cc2NCc2ccccc2NS(=O)(=O)c2ccc(CN)cc2)c1. The minimum Gasteiger partial charge on any atom is -0.505 e. The summed E-state index contributed by atoms with van der Waals surface area (Å²) in [6.07, 6.45) is 2.20. The van der Waals surface area contributed by atoms with Gasteiger partial charge in [-0.2, -0.15) is 5.10 Å². The lowest BCUT2D eigenvalue weighted by Gasteiger charge is -2.14. The van der Waals surface area contributed by atoms with Gasteiger partial charge in [0.1, 0.15) is 5.69 Å². The number of sulfonamides is 1. The second-order valence-corrected chi connectivity index (χ2v) is 9.62. The first kappa shape index (κ1) is 24.2. The monoisotopic (exact) mass is 495 g/mol. The molecule has 4 aromatic rings. The van der Waals surface area contributed by atoms with Gasteiger partial charge in [0.15, 0.2) is 11.6 Å². The predicted molar refractivity (Wildman–Crippen MR) is 134 cm³/mol. The topological polar surface area (TPSA) is 133 Å². The van der Waals surface area contributed by atoms with E-state index in [2.05, 4.69) is 20.2 Å². The highest BCUT2D eigenvalue weighted by Gasteiger charge is 2.19. The number of nitrogens with zero attached hydrogens (tertiary/aromatic N) is 1. The number of hydrogen-bond donors (Lipinski definition) is 5. The normalized spacial score (nSPS) is 11.4. The lowest BCUT2D eigenvalue weighted by atomic mass is 10.0. The first-order valence-electron chi connectivity index (χ1n) is 11.0. The Labute approximate surface area is 203 Å². The number of hydrogen-bond acceptors (Lipinski definition) is 6. The van der Waals surface area contributed by atoms with Crippen LogP contribution in [0.5, 0.6) is 5.75 Å². The van der Waals surface area contributed by atoms with Gasteiger partial charge < -0.3 is 16.2 Å². The van der Waals surface area contributed by atoms with Crippen molar-refractivity contribution in [1.82, 2.24) is 10.2 Å². The molecule has 8 nitrogen and oxygen atoms in total. The highest BCUT2D eigenvalue weighted by atomic mass is 32.2. The molecule has 0 aliphatic carbocycles. The molecule has 1 aromatic heterocycles. The number of aromatic hydroxyl groups is 1. The predicted octanol–water partition coefficient (Wildman–Crippen LogP) is 4.36. The zero-order valence-electron chi connectivity index (χ0n) is 19.0. The third-order valence-electron chi connectivity index (χ3n) is 5.62. The smallest absolute Gasteiger partial charge is 0.261 e. The van der Waals surface area contributed by atoms with Crippen LogP contribution in [0.4, 0.5) is 15.8 Å². The molecule has 6 N–H and O–H groups in total. The molecule has 4 rings (SSSR count).